The molecule has 0 aliphatic carbocycles. The molecule has 0 bridgehead atoms. The Balaban J connectivity index is 2.15. The minimum atomic E-state index is -2.01. The standard InChI is InChI=1S/C38H61FN2O11/c1-12-28-38(8,47)32(44)22(4)29(42)20(2)18-37(7,48-11)33(52-35-30(43)27(41(9)10)17-21(3)49-35)23(5)31(24(6)34(45)50-28)51-36(46)40-19-25-13-15-26(39)16-14-25/h13-16,20-24,27-28,30-33,35,43-44,47H,12,17-19H2,1-11H3,(H,40,46)/t20-,21-,22+,23+,24-,27+,28-,30-,31+,32-,33-,35+,37-,38-/m1/s1. The fourth-order valence-corrected chi connectivity index (χ4v) is 7.72. The van der Waals surface area contributed by atoms with Crippen LogP contribution in [0.3, 0.4) is 0 Å². The predicted molar refractivity (Wildman–Crippen MR) is 189 cm³/mol. The summed E-state index contributed by atoms with van der Waals surface area (Å²) < 4.78 is 44.3. The number of hydrogen-bond acceptors (Lipinski definition) is 12. The van der Waals surface area contributed by atoms with Gasteiger partial charge in [-0.2, -0.15) is 0 Å². The molecule has 1 amide bonds. The molecule has 0 spiro atoms. The first-order chi connectivity index (χ1) is 24.2. The van der Waals surface area contributed by atoms with E-state index in [-0.39, 0.29) is 37.3 Å². The second kappa shape index (κ2) is 18.1. The van der Waals surface area contributed by atoms with E-state index >= 15 is 0 Å². The molecule has 13 nitrogen and oxygen atoms in total. The van der Waals surface area contributed by atoms with Gasteiger partial charge in [0.15, 0.2) is 6.29 Å². The number of Topliss-reactive ketones (excluding diaryl/α,β-unsaturated/α-hetero) is 1. The number of halogens is 1. The number of benzene rings is 1. The van der Waals surface area contributed by atoms with Crippen LogP contribution in [-0.4, -0.2) is 119 Å². The van der Waals surface area contributed by atoms with Crippen LogP contribution in [0.25, 0.3) is 0 Å². The summed E-state index contributed by atoms with van der Waals surface area (Å²) in [6.07, 6.45) is -7.93. The number of aliphatic hydroxyl groups excluding tert-OH is 2. The molecule has 2 fully saturated rings. The lowest BCUT2D eigenvalue weighted by molar-refractivity contribution is -0.301. The van der Waals surface area contributed by atoms with Gasteiger partial charge in [-0.1, -0.05) is 39.8 Å². The number of esters is 1. The van der Waals surface area contributed by atoms with Crippen molar-refractivity contribution in [2.75, 3.05) is 21.2 Å². The van der Waals surface area contributed by atoms with Crippen LogP contribution in [0.1, 0.15) is 80.2 Å². The Morgan fingerprint density at radius 1 is 1.06 bits per heavy atom. The fourth-order valence-electron chi connectivity index (χ4n) is 7.72. The SMILES string of the molecule is CC[C@H]1OC(=O)[C@H](C)[C@@H](OC(=O)NCc2ccc(F)cc2)[C@H](C)[C@@H](O[C@@H]2O[C@H](C)C[C@H](N(C)C)[C@H]2O)[C@](C)(OC)C[C@@H](C)C(=O)[C@H](C)[C@@H](O)[C@]1(C)O. The highest BCUT2D eigenvalue weighted by Crippen LogP contribution is 2.40. The Labute approximate surface area is 307 Å². The number of nitrogens with zero attached hydrogens (tertiary/aromatic N) is 1. The summed E-state index contributed by atoms with van der Waals surface area (Å²) in [6, 6.07) is 5.23. The van der Waals surface area contributed by atoms with Gasteiger partial charge in [0.1, 0.15) is 35.5 Å². The van der Waals surface area contributed by atoms with Crippen molar-refractivity contribution in [2.24, 2.45) is 23.7 Å². The minimum absolute atomic E-state index is 0.00283. The van der Waals surface area contributed by atoms with Crippen LogP contribution in [0.15, 0.2) is 24.3 Å². The summed E-state index contributed by atoms with van der Waals surface area (Å²) in [6.45, 7) is 13.0. The molecule has 0 radical (unpaired) electrons. The third-order valence-electron chi connectivity index (χ3n) is 11.1. The Bertz CT molecular complexity index is 1350. The van der Waals surface area contributed by atoms with Crippen molar-refractivity contribution >= 4 is 17.8 Å². The van der Waals surface area contributed by atoms with Gasteiger partial charge in [-0.05, 0) is 78.7 Å². The number of nitrogens with one attached hydrogen (secondary N) is 1. The van der Waals surface area contributed by atoms with Gasteiger partial charge in [0, 0.05) is 37.5 Å². The Morgan fingerprint density at radius 2 is 1.67 bits per heavy atom. The van der Waals surface area contributed by atoms with Crippen LogP contribution in [0, 0.1) is 29.5 Å². The van der Waals surface area contributed by atoms with Gasteiger partial charge in [-0.25, -0.2) is 9.18 Å². The molecular formula is C38H61FN2O11. The maximum absolute atomic E-state index is 14.0. The first kappa shape index (κ1) is 43.7. The van der Waals surface area contributed by atoms with Gasteiger partial charge >= 0.3 is 12.1 Å². The summed E-state index contributed by atoms with van der Waals surface area (Å²) in [5, 5.41) is 37.0. The molecule has 2 aliphatic heterocycles. The smallest absolute Gasteiger partial charge is 0.407 e. The van der Waals surface area contributed by atoms with E-state index in [1.165, 1.54) is 52.1 Å². The molecule has 52 heavy (non-hydrogen) atoms. The monoisotopic (exact) mass is 740 g/mol. The van der Waals surface area contributed by atoms with Crippen molar-refractivity contribution in [1.82, 2.24) is 10.2 Å². The van der Waals surface area contributed by atoms with E-state index in [1.54, 1.807) is 27.7 Å². The first-order valence-corrected chi connectivity index (χ1v) is 18.2. The summed E-state index contributed by atoms with van der Waals surface area (Å²) in [7, 11) is 5.14. The number of ether oxygens (including phenoxy) is 5. The third kappa shape index (κ3) is 10.1. The van der Waals surface area contributed by atoms with Gasteiger partial charge < -0.3 is 49.2 Å². The summed E-state index contributed by atoms with van der Waals surface area (Å²) >= 11 is 0. The molecule has 2 aliphatic rings. The molecule has 3 rings (SSSR count). The molecule has 0 unspecified atom stereocenters. The lowest BCUT2D eigenvalue weighted by atomic mass is 9.74. The van der Waals surface area contributed by atoms with Crippen molar-refractivity contribution in [2.45, 2.75) is 141 Å². The van der Waals surface area contributed by atoms with E-state index in [2.05, 4.69) is 5.32 Å². The van der Waals surface area contributed by atoms with Crippen molar-refractivity contribution in [3.63, 3.8) is 0 Å². The van der Waals surface area contributed by atoms with Crippen LogP contribution >= 0.6 is 0 Å². The normalized spacial score (nSPS) is 39.8. The van der Waals surface area contributed by atoms with Crippen molar-refractivity contribution in [3.05, 3.63) is 35.6 Å². The number of cyclic esters (lactones) is 1. The molecule has 1 aromatic carbocycles. The van der Waals surface area contributed by atoms with E-state index in [1.807, 2.05) is 25.9 Å². The Morgan fingerprint density at radius 3 is 2.23 bits per heavy atom. The van der Waals surface area contributed by atoms with Crippen molar-refractivity contribution in [1.29, 1.82) is 0 Å². The third-order valence-corrected chi connectivity index (χ3v) is 11.1. The average molecular weight is 741 g/mol. The zero-order valence-electron chi connectivity index (χ0n) is 32.5. The number of rotatable bonds is 8. The molecule has 0 saturated carbocycles. The van der Waals surface area contributed by atoms with Gasteiger partial charge in [0.2, 0.25) is 0 Å². The van der Waals surface area contributed by atoms with E-state index in [9.17, 15) is 34.1 Å². The topological polar surface area (TPSA) is 173 Å². The maximum atomic E-state index is 14.0. The van der Waals surface area contributed by atoms with E-state index < -0.39 is 89.6 Å². The molecular weight excluding hydrogens is 679 g/mol. The number of hydrogen-bond donors (Lipinski definition) is 4. The molecule has 1 aromatic rings. The second-order valence-corrected chi connectivity index (χ2v) is 15.4. The number of carbonyl (C=O) groups excluding carboxylic acids is 3. The molecule has 0 aromatic heterocycles. The fraction of sp³-hybridized carbons (Fsp3) is 0.763. The Kier molecular flexibility index (Phi) is 15.2. The highest BCUT2D eigenvalue weighted by atomic mass is 19.1. The van der Waals surface area contributed by atoms with Crippen molar-refractivity contribution in [3.8, 4) is 0 Å². The van der Waals surface area contributed by atoms with Crippen molar-refractivity contribution < 1.29 is 57.8 Å². The summed E-state index contributed by atoms with van der Waals surface area (Å²) in [4.78, 5) is 43.2. The van der Waals surface area contributed by atoms with Gasteiger partial charge in [0.05, 0.1) is 29.8 Å². The molecule has 2 heterocycles. The number of amides is 1. The van der Waals surface area contributed by atoms with Crippen LogP contribution < -0.4 is 5.32 Å². The van der Waals surface area contributed by atoms with Crippen LogP contribution in [-0.2, 0) is 39.8 Å². The largest absolute Gasteiger partial charge is 0.459 e. The zero-order chi connectivity index (χ0) is 39.3. The van der Waals surface area contributed by atoms with Gasteiger partial charge in [-0.3, -0.25) is 9.59 Å². The highest BCUT2D eigenvalue weighted by molar-refractivity contribution is 5.83. The number of likely N-dealkylation sites (N-methyl/N-ethyl adjacent to an activating group) is 1. The average Bonchev–Trinajstić information content (AvgIpc) is 3.10. The van der Waals surface area contributed by atoms with E-state index in [0.717, 1.165) is 0 Å². The highest BCUT2D eigenvalue weighted by Gasteiger charge is 2.53. The van der Waals surface area contributed by atoms with Crippen LogP contribution in [0.2, 0.25) is 0 Å². The number of alkyl carbamates (subject to hydrolysis) is 1. The predicted octanol–water partition coefficient (Wildman–Crippen LogP) is 3.59. The zero-order valence-corrected chi connectivity index (χ0v) is 32.5. The molecule has 4 N–H and O–H groups in total. The van der Waals surface area contributed by atoms with Crippen LogP contribution in [0.5, 0.6) is 0 Å². The minimum Gasteiger partial charge on any atom is -0.459 e. The first-order valence-electron chi connectivity index (χ1n) is 18.2. The lowest BCUT2D eigenvalue weighted by Gasteiger charge is -2.48. The molecule has 296 valence electrons. The van der Waals surface area contributed by atoms with E-state index in [0.29, 0.717) is 12.0 Å². The van der Waals surface area contributed by atoms with Crippen LogP contribution in [0.4, 0.5) is 9.18 Å². The number of methoxy groups -OCH3 is 1. The summed E-state index contributed by atoms with van der Waals surface area (Å²) in [5.41, 5.74) is -2.74. The Hall–Kier alpha value is -2.72. The molecule has 14 atom stereocenters. The number of ketones is 1. The quantitative estimate of drug-likeness (QED) is 0.286. The molecule has 14 heteroatoms. The maximum Gasteiger partial charge on any atom is 0.407 e. The number of aliphatic hydroxyl groups is 3. The second-order valence-electron chi connectivity index (χ2n) is 15.4. The molecule has 2 saturated heterocycles. The van der Waals surface area contributed by atoms with E-state index in [4.69, 9.17) is 23.7 Å². The lowest BCUT2D eigenvalue weighted by Crippen LogP contribution is -2.60. The number of carbonyl (C=O) groups is 3. The summed E-state index contributed by atoms with van der Waals surface area (Å²) in [5.74, 6) is -5.45. The van der Waals surface area contributed by atoms with Gasteiger partial charge in [0.25, 0.3) is 0 Å². The van der Waals surface area contributed by atoms with Gasteiger partial charge in [-0.15, -0.1) is 0 Å².